The van der Waals surface area contributed by atoms with Crippen molar-refractivity contribution >= 4 is 5.71 Å². The van der Waals surface area contributed by atoms with Crippen LogP contribution in [0, 0.1) is 0 Å². The molecule has 0 aromatic carbocycles. The Balaban J connectivity index is 0.00000112. The van der Waals surface area contributed by atoms with Gasteiger partial charge in [0.15, 0.2) is 12.3 Å². The van der Waals surface area contributed by atoms with Crippen LogP contribution < -0.4 is 24.0 Å². The van der Waals surface area contributed by atoms with E-state index in [2.05, 4.69) is 41.3 Å². The van der Waals surface area contributed by atoms with Gasteiger partial charge in [-0.05, 0) is 25.5 Å². The van der Waals surface area contributed by atoms with Crippen molar-refractivity contribution in [3.63, 3.8) is 0 Å². The number of rotatable bonds is 3. The van der Waals surface area contributed by atoms with Gasteiger partial charge in [0.05, 0.1) is 6.54 Å². The fraction of sp³-hybridized carbons (Fsp3) is 0.583. The van der Waals surface area contributed by atoms with E-state index >= 15 is 0 Å². The smallest absolute Gasteiger partial charge is 0.199 e. The summed E-state index contributed by atoms with van der Waals surface area (Å²) in [6, 6.07) is 4.40. The van der Waals surface area contributed by atoms with E-state index in [9.17, 15) is 0 Å². The highest BCUT2D eigenvalue weighted by atomic mass is 127. The monoisotopic (exact) mass is 318 g/mol. The van der Waals surface area contributed by atoms with Crippen LogP contribution in [0.3, 0.4) is 0 Å². The molecule has 1 aliphatic heterocycles. The largest absolute Gasteiger partial charge is 1.00 e. The highest BCUT2D eigenvalue weighted by Crippen LogP contribution is 2.12. The van der Waals surface area contributed by atoms with Gasteiger partial charge in [-0.25, -0.2) is 4.58 Å². The second-order valence-electron chi connectivity index (χ2n) is 3.86. The summed E-state index contributed by atoms with van der Waals surface area (Å²) in [5.41, 5.74) is 2.96. The Kier molecular flexibility index (Phi) is 4.83. The van der Waals surface area contributed by atoms with Gasteiger partial charge in [-0.3, -0.25) is 0 Å². The lowest BCUT2D eigenvalue weighted by Crippen LogP contribution is -3.00. The molecule has 1 aromatic heterocycles. The molecule has 0 saturated heterocycles. The quantitative estimate of drug-likeness (QED) is 0.506. The summed E-state index contributed by atoms with van der Waals surface area (Å²) in [5.74, 6) is 0. The van der Waals surface area contributed by atoms with Gasteiger partial charge in [0, 0.05) is 12.6 Å². The van der Waals surface area contributed by atoms with E-state index in [1.54, 1.807) is 0 Å². The molecule has 15 heavy (non-hydrogen) atoms. The summed E-state index contributed by atoms with van der Waals surface area (Å²) in [6.45, 7) is 7.95. The third-order valence-electron chi connectivity index (χ3n) is 2.99. The van der Waals surface area contributed by atoms with Gasteiger partial charge in [-0.2, -0.15) is 0 Å². The Bertz CT molecular complexity index is 352. The molecule has 0 fully saturated rings. The lowest BCUT2D eigenvalue weighted by Gasteiger charge is -2.17. The predicted octanol–water partition coefficient (Wildman–Crippen LogP) is -0.873. The lowest BCUT2D eigenvalue weighted by atomic mass is 10.1. The van der Waals surface area contributed by atoms with Crippen LogP contribution in [0.15, 0.2) is 18.3 Å². The van der Waals surface area contributed by atoms with Crippen molar-refractivity contribution in [2.24, 2.45) is 0 Å². The number of hydrogen-bond donors (Lipinski definition) is 0. The maximum atomic E-state index is 2.51. The number of hydrogen-bond acceptors (Lipinski definition) is 0. The highest BCUT2D eigenvalue weighted by molar-refractivity contribution is 5.95. The average molecular weight is 318 g/mol. The molecule has 0 saturated carbocycles. The summed E-state index contributed by atoms with van der Waals surface area (Å²) in [6.07, 6.45) is 4.63. The molecule has 1 aromatic rings. The fourth-order valence-electron chi connectivity index (χ4n) is 2.27. The maximum Gasteiger partial charge on any atom is 0.199 e. The minimum atomic E-state index is 0. The van der Waals surface area contributed by atoms with Crippen LogP contribution in [0.2, 0.25) is 0 Å². The van der Waals surface area contributed by atoms with Gasteiger partial charge >= 0.3 is 0 Å². The van der Waals surface area contributed by atoms with Crippen LogP contribution in [-0.2, 0) is 6.54 Å². The number of halogens is 1. The van der Waals surface area contributed by atoms with E-state index in [0.717, 1.165) is 13.1 Å². The van der Waals surface area contributed by atoms with Crippen molar-refractivity contribution < 1.29 is 28.6 Å². The van der Waals surface area contributed by atoms with E-state index in [-0.39, 0.29) is 24.0 Å². The molecular formula is C12H19IN2. The minimum Gasteiger partial charge on any atom is -1.00 e. The van der Waals surface area contributed by atoms with Crippen molar-refractivity contribution in [3.8, 4) is 0 Å². The van der Waals surface area contributed by atoms with Crippen molar-refractivity contribution in [3.05, 3.63) is 24.0 Å². The molecule has 0 unspecified atom stereocenters. The third-order valence-corrected chi connectivity index (χ3v) is 2.99. The first-order chi connectivity index (χ1) is 6.86. The van der Waals surface area contributed by atoms with Gasteiger partial charge in [-0.15, -0.1) is 0 Å². The molecule has 0 radical (unpaired) electrons. The first-order valence-electron chi connectivity index (χ1n) is 5.63. The van der Waals surface area contributed by atoms with E-state index in [1.807, 2.05) is 0 Å². The molecule has 0 spiro atoms. The van der Waals surface area contributed by atoms with Gasteiger partial charge in [0.2, 0.25) is 0 Å². The zero-order chi connectivity index (χ0) is 9.97. The molecule has 0 N–H and O–H groups in total. The molecule has 2 nitrogen and oxygen atoms in total. The van der Waals surface area contributed by atoms with Crippen molar-refractivity contribution in [2.75, 3.05) is 13.1 Å². The Morgan fingerprint density at radius 2 is 2.20 bits per heavy atom. The third kappa shape index (κ3) is 2.44. The van der Waals surface area contributed by atoms with E-state index in [0.29, 0.717) is 0 Å². The van der Waals surface area contributed by atoms with Crippen molar-refractivity contribution in [1.29, 1.82) is 0 Å². The standard InChI is InChI=1S/C12H19N2.HI/c1-3-6-11-12-7-5-8-14(12)10-9-13(11)4-2;/h5,7-8H,3-4,6,9-10H2,1-2H3;1H/q+1;/p-1. The number of likely N-dealkylation sites (N-methyl/N-ethyl adjacent to an activating group) is 1. The van der Waals surface area contributed by atoms with Crippen LogP contribution in [0.25, 0.3) is 0 Å². The molecule has 2 heterocycles. The highest BCUT2D eigenvalue weighted by Gasteiger charge is 2.22. The number of fused-ring (bicyclic) bond motifs is 1. The van der Waals surface area contributed by atoms with E-state index < -0.39 is 0 Å². The molecule has 1 aliphatic rings. The lowest BCUT2D eigenvalue weighted by molar-refractivity contribution is -0.529. The Labute approximate surface area is 109 Å². The SMILES string of the molecule is CCCC1=[N+](CC)CCn2cccc21.[I-]. The van der Waals surface area contributed by atoms with Gasteiger partial charge in [0.1, 0.15) is 12.2 Å². The van der Waals surface area contributed by atoms with Crippen LogP contribution >= 0.6 is 0 Å². The Morgan fingerprint density at radius 1 is 1.40 bits per heavy atom. The molecular weight excluding hydrogens is 299 g/mol. The fourth-order valence-corrected chi connectivity index (χ4v) is 2.27. The average Bonchev–Trinajstić information content (AvgIpc) is 2.67. The molecule has 0 atom stereocenters. The van der Waals surface area contributed by atoms with Crippen LogP contribution in [0.5, 0.6) is 0 Å². The van der Waals surface area contributed by atoms with E-state index in [4.69, 9.17) is 0 Å². The summed E-state index contributed by atoms with van der Waals surface area (Å²) in [4.78, 5) is 0. The zero-order valence-corrected chi connectivity index (χ0v) is 11.7. The normalized spacial score (nSPS) is 14.8. The maximum absolute atomic E-state index is 2.51. The van der Waals surface area contributed by atoms with Gasteiger partial charge in [0.25, 0.3) is 0 Å². The van der Waals surface area contributed by atoms with Crippen LogP contribution in [0.4, 0.5) is 0 Å². The second-order valence-corrected chi connectivity index (χ2v) is 3.86. The first kappa shape index (κ1) is 12.7. The van der Waals surface area contributed by atoms with Crippen molar-refractivity contribution in [1.82, 2.24) is 4.57 Å². The topological polar surface area (TPSA) is 7.94 Å². The molecule has 0 aliphatic carbocycles. The van der Waals surface area contributed by atoms with Crippen LogP contribution in [0.1, 0.15) is 32.4 Å². The minimum absolute atomic E-state index is 0. The number of aromatic nitrogens is 1. The Hall–Kier alpha value is -0.320. The van der Waals surface area contributed by atoms with Crippen LogP contribution in [-0.4, -0.2) is 27.9 Å². The molecule has 3 heteroatoms. The molecule has 0 amide bonds. The summed E-state index contributed by atoms with van der Waals surface area (Å²) < 4.78 is 4.88. The second kappa shape index (κ2) is 5.68. The Morgan fingerprint density at radius 3 is 2.87 bits per heavy atom. The summed E-state index contributed by atoms with van der Waals surface area (Å²) in [7, 11) is 0. The van der Waals surface area contributed by atoms with E-state index in [1.165, 1.54) is 30.8 Å². The molecule has 84 valence electrons. The summed E-state index contributed by atoms with van der Waals surface area (Å²) >= 11 is 0. The number of nitrogens with zero attached hydrogens (tertiary/aromatic N) is 2. The van der Waals surface area contributed by atoms with Gasteiger partial charge in [-0.1, -0.05) is 6.92 Å². The summed E-state index contributed by atoms with van der Waals surface area (Å²) in [5, 5.41) is 0. The molecule has 2 rings (SSSR count). The zero-order valence-electron chi connectivity index (χ0n) is 9.54. The predicted molar refractivity (Wildman–Crippen MR) is 59.1 cm³/mol. The van der Waals surface area contributed by atoms with Crippen molar-refractivity contribution in [2.45, 2.75) is 33.2 Å². The molecule has 0 bridgehead atoms. The van der Waals surface area contributed by atoms with Gasteiger partial charge < -0.3 is 28.5 Å². The first-order valence-corrected chi connectivity index (χ1v) is 5.63.